The summed E-state index contributed by atoms with van der Waals surface area (Å²) in [6.45, 7) is 7.48. The van der Waals surface area contributed by atoms with Crippen LogP contribution >= 0.6 is 0 Å². The zero-order valence-electron chi connectivity index (χ0n) is 12.4. The van der Waals surface area contributed by atoms with E-state index >= 15 is 0 Å². The Morgan fingerprint density at radius 2 is 1.68 bits per heavy atom. The molecule has 0 heterocycles. The van der Waals surface area contributed by atoms with Crippen molar-refractivity contribution in [3.05, 3.63) is 0 Å². The largest absolute Gasteiger partial charge is 0.300 e. The Kier molecular flexibility index (Phi) is 7.80. The highest BCUT2D eigenvalue weighted by Crippen LogP contribution is 2.28. The SMILES string of the molecule is CCCN(CCC)OS(=O)C1CCC(C(C)=O)CC1. The summed E-state index contributed by atoms with van der Waals surface area (Å²) in [7, 11) is 0. The van der Waals surface area contributed by atoms with Crippen molar-refractivity contribution < 1.29 is 13.3 Å². The molecule has 0 saturated heterocycles. The molecule has 0 spiro atoms. The molecule has 0 aromatic rings. The van der Waals surface area contributed by atoms with E-state index < -0.39 is 11.1 Å². The van der Waals surface area contributed by atoms with Gasteiger partial charge in [-0.1, -0.05) is 13.8 Å². The molecule has 1 unspecified atom stereocenters. The topological polar surface area (TPSA) is 46.6 Å². The lowest BCUT2D eigenvalue weighted by atomic mass is 9.86. The van der Waals surface area contributed by atoms with Gasteiger partial charge < -0.3 is 0 Å². The van der Waals surface area contributed by atoms with Crippen molar-refractivity contribution >= 4 is 16.9 Å². The van der Waals surface area contributed by atoms with Gasteiger partial charge in [-0.3, -0.25) is 4.79 Å². The fourth-order valence-electron chi connectivity index (χ4n) is 2.51. The molecule has 1 aliphatic carbocycles. The summed E-state index contributed by atoms with van der Waals surface area (Å²) in [5.74, 6) is 0.444. The molecule has 0 N–H and O–H groups in total. The Hall–Kier alpha value is -0.260. The maximum atomic E-state index is 12.2. The van der Waals surface area contributed by atoms with Gasteiger partial charge in [-0.15, -0.1) is 0 Å². The molecular formula is C14H27NO3S. The number of carbonyl (C=O) groups is 1. The molecule has 1 fully saturated rings. The van der Waals surface area contributed by atoms with Crippen molar-refractivity contribution in [2.24, 2.45) is 5.92 Å². The van der Waals surface area contributed by atoms with Gasteiger partial charge in [0.15, 0.2) is 11.1 Å². The molecule has 112 valence electrons. The average molecular weight is 289 g/mol. The minimum absolute atomic E-state index is 0.0896. The van der Waals surface area contributed by atoms with Crippen LogP contribution < -0.4 is 0 Å². The van der Waals surface area contributed by atoms with Crippen molar-refractivity contribution in [2.75, 3.05) is 13.1 Å². The minimum Gasteiger partial charge on any atom is -0.300 e. The molecule has 0 aromatic carbocycles. The quantitative estimate of drug-likeness (QED) is 0.645. The smallest absolute Gasteiger partial charge is 0.176 e. The average Bonchev–Trinajstić information content (AvgIpc) is 2.39. The lowest BCUT2D eigenvalue weighted by Gasteiger charge is -2.28. The van der Waals surface area contributed by atoms with Crippen molar-refractivity contribution in [3.8, 4) is 0 Å². The first-order valence-electron chi connectivity index (χ1n) is 7.42. The Balaban J connectivity index is 2.39. The number of nitrogens with zero attached hydrogens (tertiary/aromatic N) is 1. The molecule has 1 aliphatic rings. The van der Waals surface area contributed by atoms with Gasteiger partial charge in [-0.25, -0.2) is 4.21 Å². The van der Waals surface area contributed by atoms with Crippen LogP contribution in [-0.2, 0) is 20.2 Å². The molecule has 1 rings (SSSR count). The number of hydroxylamine groups is 2. The first kappa shape index (κ1) is 16.8. The van der Waals surface area contributed by atoms with Crippen molar-refractivity contribution in [3.63, 3.8) is 0 Å². The third-order valence-corrected chi connectivity index (χ3v) is 5.02. The third-order valence-electron chi connectivity index (χ3n) is 3.65. The van der Waals surface area contributed by atoms with E-state index in [0.717, 1.165) is 51.6 Å². The molecule has 0 amide bonds. The molecule has 1 saturated carbocycles. The van der Waals surface area contributed by atoms with Gasteiger partial charge in [-0.2, -0.15) is 9.35 Å². The summed E-state index contributed by atoms with van der Waals surface area (Å²) in [6, 6.07) is 0. The highest BCUT2D eigenvalue weighted by Gasteiger charge is 2.29. The fraction of sp³-hybridized carbons (Fsp3) is 0.929. The number of hydrogen-bond acceptors (Lipinski definition) is 4. The van der Waals surface area contributed by atoms with Crippen LogP contribution in [-0.4, -0.2) is 33.4 Å². The number of hydrogen-bond donors (Lipinski definition) is 0. The van der Waals surface area contributed by atoms with Gasteiger partial charge in [0.1, 0.15) is 5.78 Å². The predicted molar refractivity (Wildman–Crippen MR) is 77.8 cm³/mol. The van der Waals surface area contributed by atoms with Crippen LogP contribution in [0.1, 0.15) is 59.3 Å². The number of carbonyl (C=O) groups excluding carboxylic acids is 1. The van der Waals surface area contributed by atoms with Crippen LogP contribution in [0.2, 0.25) is 0 Å². The minimum atomic E-state index is -1.25. The van der Waals surface area contributed by atoms with Crippen LogP contribution in [0, 0.1) is 5.92 Å². The zero-order valence-corrected chi connectivity index (χ0v) is 13.2. The molecule has 4 nitrogen and oxygen atoms in total. The molecule has 0 aromatic heterocycles. The van der Waals surface area contributed by atoms with Gasteiger partial charge in [0.25, 0.3) is 0 Å². The maximum Gasteiger partial charge on any atom is 0.176 e. The second-order valence-electron chi connectivity index (χ2n) is 5.35. The maximum absolute atomic E-state index is 12.2. The van der Waals surface area contributed by atoms with Gasteiger partial charge in [0.05, 0.1) is 5.25 Å². The van der Waals surface area contributed by atoms with Crippen molar-refractivity contribution in [2.45, 2.75) is 64.5 Å². The first-order valence-corrected chi connectivity index (χ1v) is 8.56. The van der Waals surface area contributed by atoms with Gasteiger partial charge >= 0.3 is 0 Å². The predicted octanol–water partition coefficient (Wildman–Crippen LogP) is 2.85. The van der Waals surface area contributed by atoms with E-state index in [9.17, 15) is 9.00 Å². The van der Waals surface area contributed by atoms with Crippen LogP contribution in [0.3, 0.4) is 0 Å². The summed E-state index contributed by atoms with van der Waals surface area (Å²) < 4.78 is 17.8. The summed E-state index contributed by atoms with van der Waals surface area (Å²) in [6.07, 6.45) is 5.38. The van der Waals surface area contributed by atoms with Crippen LogP contribution in [0.15, 0.2) is 0 Å². The van der Waals surface area contributed by atoms with Gasteiger partial charge in [-0.05, 0) is 45.4 Å². The van der Waals surface area contributed by atoms with Crippen LogP contribution in [0.5, 0.6) is 0 Å². The Labute approximate surface area is 119 Å². The van der Waals surface area contributed by atoms with E-state index in [2.05, 4.69) is 13.8 Å². The zero-order chi connectivity index (χ0) is 14.3. The number of Topliss-reactive ketones (excluding diaryl/α,β-unsaturated/α-hetero) is 1. The van der Waals surface area contributed by atoms with Crippen LogP contribution in [0.4, 0.5) is 0 Å². The van der Waals surface area contributed by atoms with Crippen molar-refractivity contribution in [1.82, 2.24) is 5.06 Å². The Morgan fingerprint density at radius 3 is 2.11 bits per heavy atom. The number of ketones is 1. The van der Waals surface area contributed by atoms with E-state index in [0.29, 0.717) is 0 Å². The first-order chi connectivity index (χ1) is 9.08. The second-order valence-corrected chi connectivity index (χ2v) is 6.69. The molecule has 1 atom stereocenters. The van der Waals surface area contributed by atoms with Crippen LogP contribution in [0.25, 0.3) is 0 Å². The van der Waals surface area contributed by atoms with Crippen molar-refractivity contribution in [1.29, 1.82) is 0 Å². The highest BCUT2D eigenvalue weighted by molar-refractivity contribution is 7.80. The third kappa shape index (κ3) is 5.71. The van der Waals surface area contributed by atoms with E-state index in [1.165, 1.54) is 0 Å². The van der Waals surface area contributed by atoms with E-state index in [1.807, 2.05) is 5.06 Å². The normalized spacial score (nSPS) is 25.5. The van der Waals surface area contributed by atoms with E-state index in [1.54, 1.807) is 6.92 Å². The molecule has 0 radical (unpaired) electrons. The highest BCUT2D eigenvalue weighted by atomic mass is 32.2. The second kappa shape index (κ2) is 8.82. The summed E-state index contributed by atoms with van der Waals surface area (Å²) >= 11 is -1.25. The monoisotopic (exact) mass is 289 g/mol. The summed E-state index contributed by atoms with van der Waals surface area (Å²) in [5.41, 5.74) is 0. The fourth-order valence-corrected chi connectivity index (χ4v) is 3.65. The van der Waals surface area contributed by atoms with Gasteiger partial charge in [0.2, 0.25) is 0 Å². The van der Waals surface area contributed by atoms with Gasteiger partial charge in [0, 0.05) is 19.0 Å². The van der Waals surface area contributed by atoms with E-state index in [-0.39, 0.29) is 17.0 Å². The molecule has 0 aliphatic heterocycles. The lowest BCUT2D eigenvalue weighted by Crippen LogP contribution is -2.33. The molecule has 0 bridgehead atoms. The molecular weight excluding hydrogens is 262 g/mol. The Bertz CT molecular complexity index is 295. The van der Waals surface area contributed by atoms with E-state index in [4.69, 9.17) is 4.28 Å². The summed E-state index contributed by atoms with van der Waals surface area (Å²) in [5, 5.41) is 1.92. The number of rotatable bonds is 8. The lowest BCUT2D eigenvalue weighted by molar-refractivity contribution is -0.121. The standard InChI is InChI=1S/C14H27NO3S/c1-4-10-15(11-5-2)18-19(17)14-8-6-13(7-9-14)12(3)16/h13-14H,4-11H2,1-3H3. The summed E-state index contributed by atoms with van der Waals surface area (Å²) in [4.78, 5) is 11.3. The molecule has 19 heavy (non-hydrogen) atoms. The Morgan fingerprint density at radius 1 is 1.16 bits per heavy atom. The molecule has 5 heteroatoms.